The molecule has 1 unspecified atom stereocenters. The van der Waals surface area contributed by atoms with Crippen molar-refractivity contribution in [3.05, 3.63) is 0 Å². The van der Waals surface area contributed by atoms with E-state index in [0.29, 0.717) is 18.8 Å². The number of rotatable bonds is 3. The van der Waals surface area contributed by atoms with Crippen LogP contribution in [-0.2, 0) is 24.0 Å². The molecule has 0 radical (unpaired) electrons. The van der Waals surface area contributed by atoms with Gasteiger partial charge in [0.25, 0.3) is 0 Å². The quantitative estimate of drug-likeness (QED) is 0.547. The summed E-state index contributed by atoms with van der Waals surface area (Å²) in [6, 6.07) is 0. The third-order valence-electron chi connectivity index (χ3n) is 6.76. The third kappa shape index (κ3) is 2.85. The van der Waals surface area contributed by atoms with Crippen LogP contribution < -0.4 is 0 Å². The zero-order valence-electron chi connectivity index (χ0n) is 15.0. The van der Waals surface area contributed by atoms with Gasteiger partial charge >= 0.3 is 12.1 Å². The van der Waals surface area contributed by atoms with Gasteiger partial charge in [-0.05, 0) is 44.9 Å². The topological polar surface area (TPSA) is 54.0 Å². The lowest BCUT2D eigenvalue weighted by Crippen LogP contribution is -2.70. The molecular weight excluding hydrogens is 353 g/mol. The highest BCUT2D eigenvalue weighted by atomic mass is 19.4. The molecule has 148 valence electrons. The fourth-order valence-electron chi connectivity index (χ4n) is 5.46. The summed E-state index contributed by atoms with van der Waals surface area (Å²) in [5.74, 6) is -1.85. The molecule has 0 aromatic rings. The molecule has 5 rings (SSSR count). The second-order valence-corrected chi connectivity index (χ2v) is 8.46. The smallest absolute Gasteiger partial charge is 0.389 e. The SMILES string of the molecule is C[C@@H]1CC[C@H]2[C@@H](CCCC(F)(F)F)C(=O)OC3O[C@]4(C)CC[C@@H]1[C@]32OO4. The van der Waals surface area contributed by atoms with Crippen LogP contribution in [0.4, 0.5) is 13.2 Å². The Kier molecular flexibility index (Phi) is 4.32. The molecule has 4 saturated heterocycles. The zero-order valence-corrected chi connectivity index (χ0v) is 15.0. The minimum absolute atomic E-state index is 0.0915. The second kappa shape index (κ2) is 6.07. The second-order valence-electron chi connectivity index (χ2n) is 8.46. The molecule has 7 atom stereocenters. The summed E-state index contributed by atoms with van der Waals surface area (Å²) in [7, 11) is 0. The fraction of sp³-hybridized carbons (Fsp3) is 0.944. The van der Waals surface area contributed by atoms with Crippen molar-refractivity contribution in [2.24, 2.45) is 23.7 Å². The van der Waals surface area contributed by atoms with E-state index >= 15 is 0 Å². The first-order valence-corrected chi connectivity index (χ1v) is 9.46. The maximum absolute atomic E-state index is 12.6. The summed E-state index contributed by atoms with van der Waals surface area (Å²) in [5.41, 5.74) is -0.912. The van der Waals surface area contributed by atoms with Gasteiger partial charge in [-0.3, -0.25) is 4.79 Å². The molecule has 5 fully saturated rings. The average molecular weight is 378 g/mol. The van der Waals surface area contributed by atoms with Crippen LogP contribution in [0.25, 0.3) is 0 Å². The van der Waals surface area contributed by atoms with Gasteiger partial charge in [0.2, 0.25) is 12.1 Å². The Balaban J connectivity index is 1.63. The molecule has 1 spiro atoms. The highest BCUT2D eigenvalue weighted by Gasteiger charge is 2.70. The van der Waals surface area contributed by atoms with Crippen LogP contribution in [0, 0.1) is 23.7 Å². The Hall–Kier alpha value is -0.860. The molecule has 2 bridgehead atoms. The van der Waals surface area contributed by atoms with Crippen LogP contribution in [0.2, 0.25) is 0 Å². The van der Waals surface area contributed by atoms with Gasteiger partial charge in [-0.25, -0.2) is 9.78 Å². The summed E-state index contributed by atoms with van der Waals surface area (Å²) in [6.07, 6.45) is -2.88. The monoisotopic (exact) mass is 378 g/mol. The minimum atomic E-state index is -4.22. The standard InChI is InChI=1S/C18H25F3O5/c1-10-5-6-13-11(4-3-8-17(19,20)21)14(22)23-15-18(13)12(10)7-9-16(2,24-15)25-26-18/h10-13,15H,3-9H2,1-2H3/t10-,11-,12+,13+,15?,16+,18-/m1/s1. The van der Waals surface area contributed by atoms with Crippen LogP contribution in [0.3, 0.4) is 0 Å². The molecular formula is C18H25F3O5. The zero-order chi connectivity index (χ0) is 18.7. The number of halogens is 3. The van der Waals surface area contributed by atoms with E-state index in [9.17, 15) is 18.0 Å². The van der Waals surface area contributed by atoms with Crippen molar-refractivity contribution in [1.29, 1.82) is 0 Å². The normalized spacial score (nSPS) is 47.9. The number of fused-ring (bicyclic) bond motifs is 2. The van der Waals surface area contributed by atoms with Gasteiger partial charge < -0.3 is 9.47 Å². The predicted octanol–water partition coefficient (Wildman–Crippen LogP) is 4.11. The van der Waals surface area contributed by atoms with Crippen LogP contribution in [0.15, 0.2) is 0 Å². The lowest BCUT2D eigenvalue weighted by atomic mass is 9.57. The molecule has 1 aliphatic carbocycles. The van der Waals surface area contributed by atoms with Gasteiger partial charge in [0.15, 0.2) is 5.60 Å². The molecule has 4 heterocycles. The van der Waals surface area contributed by atoms with Gasteiger partial charge in [-0.15, -0.1) is 0 Å². The van der Waals surface area contributed by atoms with E-state index in [1.54, 1.807) is 6.92 Å². The van der Waals surface area contributed by atoms with Crippen molar-refractivity contribution in [3.8, 4) is 0 Å². The number of ether oxygens (including phenoxy) is 2. The molecule has 0 aromatic heterocycles. The first kappa shape index (κ1) is 18.5. The largest absolute Gasteiger partial charge is 0.432 e. The van der Waals surface area contributed by atoms with E-state index in [0.717, 1.165) is 12.8 Å². The van der Waals surface area contributed by atoms with Crippen LogP contribution in [0.5, 0.6) is 0 Å². The molecule has 1 saturated carbocycles. The number of esters is 1. The van der Waals surface area contributed by atoms with E-state index in [1.165, 1.54) is 0 Å². The van der Waals surface area contributed by atoms with Crippen molar-refractivity contribution in [2.45, 2.75) is 82.6 Å². The first-order chi connectivity index (χ1) is 12.1. The fourth-order valence-corrected chi connectivity index (χ4v) is 5.46. The number of carbonyl (C=O) groups excluding carboxylic acids is 1. The van der Waals surface area contributed by atoms with E-state index in [1.807, 2.05) is 0 Å². The Labute approximate surface area is 150 Å². The summed E-state index contributed by atoms with van der Waals surface area (Å²) in [4.78, 5) is 24.1. The maximum Gasteiger partial charge on any atom is 0.389 e. The molecule has 5 aliphatic rings. The summed E-state index contributed by atoms with van der Waals surface area (Å²) in [6.45, 7) is 3.91. The Morgan fingerprint density at radius 1 is 1.15 bits per heavy atom. The lowest BCUT2D eigenvalue weighted by molar-refractivity contribution is -0.559. The highest BCUT2D eigenvalue weighted by molar-refractivity contribution is 5.74. The minimum Gasteiger partial charge on any atom is -0.432 e. The van der Waals surface area contributed by atoms with E-state index < -0.39 is 42.2 Å². The number of alkyl halides is 3. The van der Waals surface area contributed by atoms with Gasteiger partial charge in [0.05, 0.1) is 5.92 Å². The molecule has 0 N–H and O–H groups in total. The maximum atomic E-state index is 12.6. The highest BCUT2D eigenvalue weighted by Crippen LogP contribution is 2.60. The van der Waals surface area contributed by atoms with Crippen molar-refractivity contribution in [1.82, 2.24) is 0 Å². The molecule has 0 amide bonds. The average Bonchev–Trinajstić information content (AvgIpc) is 2.76. The Morgan fingerprint density at radius 3 is 2.65 bits per heavy atom. The summed E-state index contributed by atoms with van der Waals surface area (Å²) in [5, 5.41) is 0. The third-order valence-corrected chi connectivity index (χ3v) is 6.76. The number of carbonyl (C=O) groups is 1. The summed E-state index contributed by atoms with van der Waals surface area (Å²) < 4.78 is 49.2. The number of hydrogen-bond acceptors (Lipinski definition) is 5. The molecule has 4 aliphatic heterocycles. The van der Waals surface area contributed by atoms with Gasteiger partial charge in [0, 0.05) is 24.7 Å². The molecule has 5 nitrogen and oxygen atoms in total. The van der Waals surface area contributed by atoms with E-state index in [2.05, 4.69) is 6.92 Å². The van der Waals surface area contributed by atoms with Gasteiger partial charge in [0.1, 0.15) is 0 Å². The molecule has 0 aromatic carbocycles. The predicted molar refractivity (Wildman–Crippen MR) is 82.3 cm³/mol. The van der Waals surface area contributed by atoms with Crippen LogP contribution in [-0.4, -0.2) is 29.8 Å². The molecule has 26 heavy (non-hydrogen) atoms. The van der Waals surface area contributed by atoms with Crippen molar-refractivity contribution >= 4 is 5.97 Å². The molecule has 8 heteroatoms. The van der Waals surface area contributed by atoms with Crippen molar-refractivity contribution in [3.63, 3.8) is 0 Å². The van der Waals surface area contributed by atoms with Gasteiger partial charge in [-0.2, -0.15) is 13.2 Å². The van der Waals surface area contributed by atoms with Crippen molar-refractivity contribution < 1.29 is 37.2 Å². The Morgan fingerprint density at radius 2 is 1.92 bits per heavy atom. The van der Waals surface area contributed by atoms with Crippen LogP contribution in [0.1, 0.15) is 58.8 Å². The number of hydrogen-bond donors (Lipinski definition) is 0. The van der Waals surface area contributed by atoms with Gasteiger partial charge in [-0.1, -0.05) is 6.92 Å². The van der Waals surface area contributed by atoms with Crippen molar-refractivity contribution in [2.75, 3.05) is 0 Å². The van der Waals surface area contributed by atoms with Crippen LogP contribution >= 0.6 is 0 Å². The van der Waals surface area contributed by atoms with E-state index in [4.69, 9.17) is 19.2 Å². The Bertz CT molecular complexity index is 582. The lowest BCUT2D eigenvalue weighted by Gasteiger charge is -2.58. The first-order valence-electron chi connectivity index (χ1n) is 9.46. The summed E-state index contributed by atoms with van der Waals surface area (Å²) >= 11 is 0. The van der Waals surface area contributed by atoms with E-state index in [-0.39, 0.29) is 24.7 Å².